The first kappa shape index (κ1) is 12.7. The first-order chi connectivity index (χ1) is 5.27. The second kappa shape index (κ2) is 11.8. The van der Waals surface area contributed by atoms with E-state index in [1.165, 1.54) is 0 Å². The maximum Gasteiger partial charge on any atom is 0.0643 e. The van der Waals surface area contributed by atoms with Crippen LogP contribution >= 0.6 is 0 Å². The van der Waals surface area contributed by atoms with Crippen molar-refractivity contribution in [1.82, 2.24) is 5.53 Å². The molecule has 0 rings (SSSR count). The topological polar surface area (TPSA) is 49.1 Å². The fraction of sp³-hybridized carbons (Fsp3) is 0.857. The molecule has 0 atom stereocenters. The number of rotatable bonds is 4. The highest BCUT2D eigenvalue weighted by Crippen LogP contribution is 1.90. The van der Waals surface area contributed by atoms with E-state index in [2.05, 4.69) is 41.5 Å². The second-order valence-electron chi connectivity index (χ2n) is 2.08. The summed E-state index contributed by atoms with van der Waals surface area (Å²) < 4.78 is 0. The minimum Gasteiger partial charge on any atom is -0.180 e. The maximum absolute atomic E-state index is 3.74. The van der Waals surface area contributed by atoms with Crippen LogP contribution in [0.1, 0.15) is 27.7 Å². The number of hydrazone groups is 1. The summed E-state index contributed by atoms with van der Waals surface area (Å²) in [5.74, 6) is 0.542. The lowest BCUT2D eigenvalue weighted by atomic mass is 10.2. The summed E-state index contributed by atoms with van der Waals surface area (Å²) in [5, 5.41) is 10.5. The molecule has 0 saturated carbocycles. The molecule has 1 N–H and O–H groups in total. The average Bonchev–Trinajstić information content (AvgIpc) is 2.02. The van der Waals surface area contributed by atoms with E-state index in [0.717, 1.165) is 6.54 Å². The monoisotopic (exact) mass is 158 g/mol. The van der Waals surface area contributed by atoms with Gasteiger partial charge in [0.1, 0.15) is 0 Å². The first-order valence-electron chi connectivity index (χ1n) is 3.84. The van der Waals surface area contributed by atoms with E-state index in [0.29, 0.717) is 5.92 Å². The molecule has 0 radical (unpaired) electrons. The van der Waals surface area contributed by atoms with Crippen molar-refractivity contribution < 1.29 is 0 Å². The minimum absolute atomic E-state index is 0.542. The van der Waals surface area contributed by atoms with Crippen molar-refractivity contribution in [3.05, 3.63) is 0 Å². The highest BCUT2D eigenvalue weighted by Gasteiger charge is 1.86. The van der Waals surface area contributed by atoms with Gasteiger partial charge in [0, 0.05) is 6.72 Å². The number of hydrogen-bond acceptors (Lipinski definition) is 3. The zero-order chi connectivity index (χ0) is 9.11. The molecule has 4 heteroatoms. The molecule has 0 bridgehead atoms. The molecule has 0 unspecified atom stereocenters. The molecule has 4 nitrogen and oxygen atoms in total. The molecule has 0 heterocycles. The standard InChI is InChI=1S/C5H12N4.C2H6/c1-5(2)4-7-9-8-6-3;1-2/h5H,3-4H2,1-2H3,(H,7,8);1-2H3. The van der Waals surface area contributed by atoms with Crippen molar-refractivity contribution in [3.63, 3.8) is 0 Å². The summed E-state index contributed by atoms with van der Waals surface area (Å²) >= 11 is 0. The molecule has 0 aliphatic rings. The van der Waals surface area contributed by atoms with Gasteiger partial charge >= 0.3 is 0 Å². The van der Waals surface area contributed by atoms with Crippen LogP contribution in [-0.2, 0) is 0 Å². The molecular formula is C7H18N4. The van der Waals surface area contributed by atoms with Crippen LogP contribution in [-0.4, -0.2) is 13.3 Å². The lowest BCUT2D eigenvalue weighted by molar-refractivity contribution is 0.610. The Hall–Kier alpha value is -0.930. The Morgan fingerprint density at radius 1 is 1.36 bits per heavy atom. The van der Waals surface area contributed by atoms with Gasteiger partial charge in [-0.05, 0) is 5.92 Å². The second-order valence-corrected chi connectivity index (χ2v) is 2.08. The summed E-state index contributed by atoms with van der Waals surface area (Å²) in [6.45, 7) is 12.0. The van der Waals surface area contributed by atoms with Crippen LogP contribution in [0.25, 0.3) is 0 Å². The summed E-state index contributed by atoms with van der Waals surface area (Å²) in [7, 11) is 0. The highest BCUT2D eigenvalue weighted by atomic mass is 15.6. The molecule has 0 aromatic rings. The lowest BCUT2D eigenvalue weighted by Crippen LogP contribution is -1.94. The van der Waals surface area contributed by atoms with Crippen molar-refractivity contribution in [2.45, 2.75) is 27.7 Å². The SMILES string of the molecule is C=NNN=NCC(C)C.CC. The average molecular weight is 158 g/mol. The van der Waals surface area contributed by atoms with E-state index >= 15 is 0 Å². The normalized spacial score (nSPS) is 9.18. The van der Waals surface area contributed by atoms with Crippen LogP contribution in [0.3, 0.4) is 0 Å². The van der Waals surface area contributed by atoms with Gasteiger partial charge in [0.2, 0.25) is 0 Å². The van der Waals surface area contributed by atoms with Crippen molar-refractivity contribution in [1.29, 1.82) is 0 Å². The van der Waals surface area contributed by atoms with Gasteiger partial charge in [0.25, 0.3) is 0 Å². The number of nitrogens with one attached hydrogen (secondary N) is 1. The molecule has 66 valence electrons. The quantitative estimate of drug-likeness (QED) is 0.381. The Bertz CT molecular complexity index is 98.6. The van der Waals surface area contributed by atoms with Crippen LogP contribution < -0.4 is 5.53 Å². The Morgan fingerprint density at radius 3 is 2.27 bits per heavy atom. The Balaban J connectivity index is 0. The van der Waals surface area contributed by atoms with E-state index < -0.39 is 0 Å². The molecule has 0 fully saturated rings. The Kier molecular flexibility index (Phi) is 13.7. The van der Waals surface area contributed by atoms with Crippen LogP contribution in [0, 0.1) is 5.92 Å². The number of nitrogens with zero attached hydrogens (tertiary/aromatic N) is 3. The molecule has 0 amide bonds. The van der Waals surface area contributed by atoms with E-state index in [1.54, 1.807) is 0 Å². The van der Waals surface area contributed by atoms with Crippen LogP contribution in [0.5, 0.6) is 0 Å². The molecule has 0 aliphatic carbocycles. The van der Waals surface area contributed by atoms with Gasteiger partial charge < -0.3 is 0 Å². The van der Waals surface area contributed by atoms with E-state index in [-0.39, 0.29) is 0 Å². The molecule has 0 spiro atoms. The van der Waals surface area contributed by atoms with Gasteiger partial charge in [0.05, 0.1) is 6.54 Å². The van der Waals surface area contributed by atoms with Gasteiger partial charge in [-0.2, -0.15) is 15.8 Å². The molecule has 0 aliphatic heterocycles. The van der Waals surface area contributed by atoms with Crippen molar-refractivity contribution in [2.24, 2.45) is 21.4 Å². The molecule has 0 aromatic carbocycles. The third-order valence-corrected chi connectivity index (χ3v) is 0.633. The predicted octanol–water partition coefficient (Wildman–Crippen LogP) is 2.24. The highest BCUT2D eigenvalue weighted by molar-refractivity contribution is 5.21. The van der Waals surface area contributed by atoms with Crippen LogP contribution in [0.15, 0.2) is 15.4 Å². The zero-order valence-electron chi connectivity index (χ0n) is 7.83. The van der Waals surface area contributed by atoms with E-state index in [1.807, 2.05) is 13.8 Å². The fourth-order valence-electron chi connectivity index (χ4n) is 0.267. The third-order valence-electron chi connectivity index (χ3n) is 0.633. The van der Waals surface area contributed by atoms with Crippen molar-refractivity contribution in [3.8, 4) is 0 Å². The van der Waals surface area contributed by atoms with Gasteiger partial charge in [0.15, 0.2) is 0 Å². The zero-order valence-corrected chi connectivity index (χ0v) is 7.83. The molecule has 0 aromatic heterocycles. The first-order valence-corrected chi connectivity index (χ1v) is 3.84. The van der Waals surface area contributed by atoms with Gasteiger partial charge in [-0.25, -0.2) is 0 Å². The van der Waals surface area contributed by atoms with E-state index in [4.69, 9.17) is 0 Å². The van der Waals surface area contributed by atoms with Gasteiger partial charge in [-0.15, -0.1) is 0 Å². The van der Waals surface area contributed by atoms with Crippen LogP contribution in [0.2, 0.25) is 0 Å². The van der Waals surface area contributed by atoms with Gasteiger partial charge in [-0.3, -0.25) is 0 Å². The minimum atomic E-state index is 0.542. The smallest absolute Gasteiger partial charge is 0.0643 e. The predicted molar refractivity (Wildman–Crippen MR) is 48.6 cm³/mol. The Labute approximate surface area is 68.8 Å². The molecule has 11 heavy (non-hydrogen) atoms. The summed E-state index contributed by atoms with van der Waals surface area (Å²) in [4.78, 5) is 0. The fourth-order valence-corrected chi connectivity index (χ4v) is 0.267. The van der Waals surface area contributed by atoms with Crippen molar-refractivity contribution in [2.75, 3.05) is 6.54 Å². The van der Waals surface area contributed by atoms with E-state index in [9.17, 15) is 0 Å². The summed E-state index contributed by atoms with van der Waals surface area (Å²) in [6.07, 6.45) is 0. The summed E-state index contributed by atoms with van der Waals surface area (Å²) in [6, 6.07) is 0. The van der Waals surface area contributed by atoms with Crippen LogP contribution in [0.4, 0.5) is 0 Å². The lowest BCUT2D eigenvalue weighted by Gasteiger charge is -1.93. The molecular weight excluding hydrogens is 140 g/mol. The summed E-state index contributed by atoms with van der Waals surface area (Å²) in [5.41, 5.74) is 2.28. The molecule has 0 saturated heterocycles. The van der Waals surface area contributed by atoms with Gasteiger partial charge in [-0.1, -0.05) is 32.9 Å². The number of hydrogen-bond donors (Lipinski definition) is 1. The Morgan fingerprint density at radius 2 is 1.91 bits per heavy atom. The largest absolute Gasteiger partial charge is 0.180 e. The van der Waals surface area contributed by atoms with Crippen molar-refractivity contribution >= 4 is 6.72 Å². The third kappa shape index (κ3) is 17.6. The maximum atomic E-state index is 3.74.